The molecule has 2 aliphatic rings. The Kier molecular flexibility index (Phi) is 6.45. The minimum absolute atomic E-state index is 0.0298. The van der Waals surface area contributed by atoms with Crippen LogP contribution in [0.3, 0.4) is 0 Å². The molecule has 1 aliphatic heterocycles. The first-order chi connectivity index (χ1) is 12.7. The standard InChI is InChI=1S/C21H28N2O3/c1-26-14-13-23-19-10-6-5-9-17(19)18(21(23)25)15-20(24)22-12-11-16-7-3-2-4-8-16/h2-4,7-8,19H,5-6,9-15H2,1H3,(H,22,24). The summed E-state index contributed by atoms with van der Waals surface area (Å²) in [5.41, 5.74) is 3.11. The number of nitrogens with one attached hydrogen (secondary N) is 1. The summed E-state index contributed by atoms with van der Waals surface area (Å²) >= 11 is 0. The van der Waals surface area contributed by atoms with Crippen molar-refractivity contribution in [1.29, 1.82) is 0 Å². The molecule has 0 radical (unpaired) electrons. The Morgan fingerprint density at radius 2 is 2.08 bits per heavy atom. The van der Waals surface area contributed by atoms with E-state index in [1.807, 2.05) is 23.1 Å². The van der Waals surface area contributed by atoms with Gasteiger partial charge in [-0.3, -0.25) is 9.59 Å². The Hall–Kier alpha value is -2.14. The van der Waals surface area contributed by atoms with Crippen molar-refractivity contribution >= 4 is 11.8 Å². The first-order valence-electron chi connectivity index (χ1n) is 9.53. The van der Waals surface area contributed by atoms with Crippen molar-refractivity contribution in [2.75, 3.05) is 26.8 Å². The quantitative estimate of drug-likeness (QED) is 0.778. The van der Waals surface area contributed by atoms with Gasteiger partial charge < -0.3 is 15.0 Å². The fourth-order valence-corrected chi connectivity index (χ4v) is 3.99. The molecule has 1 unspecified atom stereocenters. The molecular weight excluding hydrogens is 328 g/mol. The minimum atomic E-state index is -0.0605. The highest BCUT2D eigenvalue weighted by Crippen LogP contribution is 2.37. The Balaban J connectivity index is 1.58. The lowest BCUT2D eigenvalue weighted by molar-refractivity contribution is -0.129. The van der Waals surface area contributed by atoms with E-state index in [0.717, 1.165) is 37.7 Å². The number of amides is 2. The molecule has 2 amide bonds. The maximum absolute atomic E-state index is 12.8. The second kappa shape index (κ2) is 8.99. The third-order valence-corrected chi connectivity index (χ3v) is 5.31. The average molecular weight is 356 g/mol. The van der Waals surface area contributed by atoms with Gasteiger partial charge in [0, 0.05) is 25.8 Å². The van der Waals surface area contributed by atoms with Crippen molar-refractivity contribution in [3.63, 3.8) is 0 Å². The van der Waals surface area contributed by atoms with E-state index in [9.17, 15) is 9.59 Å². The SMILES string of the molecule is COCCN1C(=O)C(CC(=O)NCCc2ccccc2)=C2CCCCC21. The maximum Gasteiger partial charge on any atom is 0.250 e. The lowest BCUT2D eigenvalue weighted by Crippen LogP contribution is -2.39. The number of fused-ring (bicyclic) bond motifs is 1. The van der Waals surface area contributed by atoms with Gasteiger partial charge in [-0.15, -0.1) is 0 Å². The number of nitrogens with zero attached hydrogens (tertiary/aromatic N) is 1. The number of carbonyl (C=O) groups excluding carboxylic acids is 2. The smallest absolute Gasteiger partial charge is 0.250 e. The van der Waals surface area contributed by atoms with E-state index in [0.29, 0.717) is 19.7 Å². The summed E-state index contributed by atoms with van der Waals surface area (Å²) in [5, 5.41) is 2.96. The number of hydrogen-bond donors (Lipinski definition) is 1. The molecule has 0 spiro atoms. The molecule has 0 saturated heterocycles. The zero-order chi connectivity index (χ0) is 18.4. The largest absolute Gasteiger partial charge is 0.383 e. The molecule has 1 atom stereocenters. The summed E-state index contributed by atoms with van der Waals surface area (Å²) in [7, 11) is 1.65. The lowest BCUT2D eigenvalue weighted by Gasteiger charge is -2.29. The molecule has 1 N–H and O–H groups in total. The molecule has 0 bridgehead atoms. The topological polar surface area (TPSA) is 58.6 Å². The predicted molar refractivity (Wildman–Crippen MR) is 101 cm³/mol. The fourth-order valence-electron chi connectivity index (χ4n) is 3.99. The van der Waals surface area contributed by atoms with E-state index in [-0.39, 0.29) is 24.3 Å². The van der Waals surface area contributed by atoms with Crippen LogP contribution < -0.4 is 5.32 Å². The summed E-state index contributed by atoms with van der Waals surface area (Å²) in [5.74, 6) is -0.0307. The highest BCUT2D eigenvalue weighted by Gasteiger charge is 2.39. The lowest BCUT2D eigenvalue weighted by atomic mass is 9.88. The number of benzene rings is 1. The molecule has 5 heteroatoms. The molecule has 26 heavy (non-hydrogen) atoms. The molecule has 1 aliphatic carbocycles. The molecule has 1 aromatic rings. The monoisotopic (exact) mass is 356 g/mol. The van der Waals surface area contributed by atoms with Crippen LogP contribution in [0.5, 0.6) is 0 Å². The van der Waals surface area contributed by atoms with E-state index < -0.39 is 0 Å². The van der Waals surface area contributed by atoms with Crippen LogP contribution >= 0.6 is 0 Å². The molecule has 1 aromatic carbocycles. The summed E-state index contributed by atoms with van der Waals surface area (Å²) < 4.78 is 5.15. The van der Waals surface area contributed by atoms with Gasteiger partial charge in [0.05, 0.1) is 19.1 Å². The number of ether oxygens (including phenoxy) is 1. The Bertz CT molecular complexity index is 669. The van der Waals surface area contributed by atoms with E-state index in [1.54, 1.807) is 7.11 Å². The summed E-state index contributed by atoms with van der Waals surface area (Å²) in [6.07, 6.45) is 5.19. The summed E-state index contributed by atoms with van der Waals surface area (Å²) in [6, 6.07) is 10.3. The molecule has 140 valence electrons. The van der Waals surface area contributed by atoms with Crippen LogP contribution in [0, 0.1) is 0 Å². The van der Waals surface area contributed by atoms with E-state index >= 15 is 0 Å². The third kappa shape index (κ3) is 4.33. The minimum Gasteiger partial charge on any atom is -0.383 e. The highest BCUT2D eigenvalue weighted by molar-refractivity contribution is 6.02. The Morgan fingerprint density at radius 3 is 2.85 bits per heavy atom. The zero-order valence-corrected chi connectivity index (χ0v) is 15.5. The van der Waals surface area contributed by atoms with Gasteiger partial charge in [0.2, 0.25) is 5.91 Å². The molecule has 0 aromatic heterocycles. The Morgan fingerprint density at radius 1 is 1.27 bits per heavy atom. The van der Waals surface area contributed by atoms with Gasteiger partial charge in [-0.25, -0.2) is 0 Å². The first kappa shape index (κ1) is 18.6. The van der Waals surface area contributed by atoms with Crippen LogP contribution in [0.4, 0.5) is 0 Å². The number of rotatable bonds is 8. The second-order valence-electron chi connectivity index (χ2n) is 7.02. The summed E-state index contributed by atoms with van der Waals surface area (Å²) in [6.45, 7) is 1.73. The van der Waals surface area contributed by atoms with Crippen LogP contribution in [0.25, 0.3) is 0 Å². The number of methoxy groups -OCH3 is 1. The second-order valence-corrected chi connectivity index (χ2v) is 7.02. The van der Waals surface area contributed by atoms with Crippen LogP contribution in [0.1, 0.15) is 37.7 Å². The van der Waals surface area contributed by atoms with Crippen molar-refractivity contribution in [3.8, 4) is 0 Å². The van der Waals surface area contributed by atoms with Crippen LogP contribution in [0.15, 0.2) is 41.5 Å². The van der Waals surface area contributed by atoms with Crippen molar-refractivity contribution in [3.05, 3.63) is 47.0 Å². The van der Waals surface area contributed by atoms with E-state index in [4.69, 9.17) is 4.74 Å². The van der Waals surface area contributed by atoms with Gasteiger partial charge in [-0.1, -0.05) is 36.8 Å². The van der Waals surface area contributed by atoms with Gasteiger partial charge in [-0.2, -0.15) is 0 Å². The van der Waals surface area contributed by atoms with Crippen molar-refractivity contribution in [2.24, 2.45) is 0 Å². The Labute approximate surface area is 155 Å². The maximum atomic E-state index is 12.8. The highest BCUT2D eigenvalue weighted by atomic mass is 16.5. The molecule has 1 saturated carbocycles. The van der Waals surface area contributed by atoms with Gasteiger partial charge in [0.1, 0.15) is 0 Å². The number of carbonyl (C=O) groups is 2. The van der Waals surface area contributed by atoms with Crippen molar-refractivity contribution in [1.82, 2.24) is 10.2 Å². The van der Waals surface area contributed by atoms with Gasteiger partial charge in [-0.05, 0) is 36.8 Å². The van der Waals surface area contributed by atoms with Crippen molar-refractivity contribution < 1.29 is 14.3 Å². The van der Waals surface area contributed by atoms with Gasteiger partial charge >= 0.3 is 0 Å². The summed E-state index contributed by atoms with van der Waals surface area (Å²) in [4.78, 5) is 27.1. The molecule has 1 fully saturated rings. The van der Waals surface area contributed by atoms with Crippen LogP contribution in [-0.2, 0) is 20.7 Å². The zero-order valence-electron chi connectivity index (χ0n) is 15.5. The van der Waals surface area contributed by atoms with Crippen LogP contribution in [-0.4, -0.2) is 49.6 Å². The molecule has 1 heterocycles. The van der Waals surface area contributed by atoms with Crippen LogP contribution in [0.2, 0.25) is 0 Å². The average Bonchev–Trinajstić information content (AvgIpc) is 2.92. The normalized spacial score (nSPS) is 19.7. The van der Waals surface area contributed by atoms with Gasteiger partial charge in [0.15, 0.2) is 0 Å². The predicted octanol–water partition coefficient (Wildman–Crippen LogP) is 2.46. The molecular formula is C21H28N2O3. The molecule has 5 nitrogen and oxygen atoms in total. The third-order valence-electron chi connectivity index (χ3n) is 5.31. The van der Waals surface area contributed by atoms with Gasteiger partial charge in [0.25, 0.3) is 5.91 Å². The van der Waals surface area contributed by atoms with E-state index in [2.05, 4.69) is 17.4 Å². The molecule has 3 rings (SSSR count). The number of hydrogen-bond acceptors (Lipinski definition) is 3. The van der Waals surface area contributed by atoms with E-state index in [1.165, 1.54) is 11.1 Å². The fraction of sp³-hybridized carbons (Fsp3) is 0.524. The van der Waals surface area contributed by atoms with Crippen molar-refractivity contribution in [2.45, 2.75) is 44.6 Å². The first-order valence-corrected chi connectivity index (χ1v) is 9.53.